The number of aryl methyl sites for hydroxylation is 2. The SMILES string of the molecule is Cc1ccc(N2C(=O)/C(=C/c3ccc(-c4ccccc4)o3)C(=O)NC2=S)c(C)c1. The molecule has 0 aliphatic carbocycles. The Balaban J connectivity index is 1.70. The molecule has 1 aliphatic heterocycles. The predicted octanol–water partition coefficient (Wildman–Crippen LogP) is 4.39. The van der Waals surface area contributed by atoms with Crippen LogP contribution in [-0.4, -0.2) is 16.9 Å². The lowest BCUT2D eigenvalue weighted by Gasteiger charge is -2.30. The predicted molar refractivity (Wildman–Crippen MR) is 116 cm³/mol. The van der Waals surface area contributed by atoms with Crippen LogP contribution >= 0.6 is 12.2 Å². The quantitative estimate of drug-likeness (QED) is 0.401. The van der Waals surface area contributed by atoms with Crippen LogP contribution in [0.1, 0.15) is 16.9 Å². The maximum Gasteiger partial charge on any atom is 0.270 e. The Morgan fingerprint density at radius 2 is 1.76 bits per heavy atom. The number of nitrogens with one attached hydrogen (secondary N) is 1. The molecule has 0 bridgehead atoms. The number of carbonyl (C=O) groups is 2. The van der Waals surface area contributed by atoms with Gasteiger partial charge in [-0.25, -0.2) is 0 Å². The van der Waals surface area contributed by atoms with E-state index in [-0.39, 0.29) is 10.7 Å². The standard InChI is InChI=1S/C23H18N2O3S/c1-14-8-10-19(15(2)12-14)25-22(27)18(21(26)24-23(25)29)13-17-9-11-20(28-17)16-6-4-3-5-7-16/h3-13H,1-2H3,(H,24,26,29)/b18-13+. The van der Waals surface area contributed by atoms with Crippen LogP contribution < -0.4 is 10.2 Å². The summed E-state index contributed by atoms with van der Waals surface area (Å²) in [5.41, 5.74) is 3.48. The second kappa shape index (κ2) is 7.48. The molecule has 1 fully saturated rings. The topological polar surface area (TPSA) is 62.6 Å². The molecular weight excluding hydrogens is 384 g/mol. The fourth-order valence-electron chi connectivity index (χ4n) is 3.26. The first-order valence-electron chi connectivity index (χ1n) is 9.08. The van der Waals surface area contributed by atoms with Crippen molar-refractivity contribution < 1.29 is 14.0 Å². The van der Waals surface area contributed by atoms with Gasteiger partial charge in [0.05, 0.1) is 5.69 Å². The van der Waals surface area contributed by atoms with Gasteiger partial charge in [-0.1, -0.05) is 48.0 Å². The molecule has 0 saturated carbocycles. The number of rotatable bonds is 3. The minimum absolute atomic E-state index is 0.0347. The van der Waals surface area contributed by atoms with Gasteiger partial charge >= 0.3 is 0 Å². The minimum Gasteiger partial charge on any atom is -0.457 e. The van der Waals surface area contributed by atoms with Crippen LogP contribution in [0.3, 0.4) is 0 Å². The second-order valence-electron chi connectivity index (χ2n) is 6.82. The summed E-state index contributed by atoms with van der Waals surface area (Å²) in [6, 6.07) is 18.8. The number of thiocarbonyl (C=S) groups is 1. The zero-order valence-corrected chi connectivity index (χ0v) is 16.7. The van der Waals surface area contributed by atoms with Crippen molar-refractivity contribution in [2.45, 2.75) is 13.8 Å². The second-order valence-corrected chi connectivity index (χ2v) is 7.20. The summed E-state index contributed by atoms with van der Waals surface area (Å²) in [6.07, 6.45) is 1.45. The zero-order valence-electron chi connectivity index (χ0n) is 15.9. The summed E-state index contributed by atoms with van der Waals surface area (Å²) in [5.74, 6) is 0.0423. The first-order chi connectivity index (χ1) is 13.9. The summed E-state index contributed by atoms with van der Waals surface area (Å²) in [5, 5.41) is 2.66. The molecule has 2 heterocycles. The Hall–Kier alpha value is -3.51. The Morgan fingerprint density at radius 3 is 2.48 bits per heavy atom. The normalized spacial score (nSPS) is 15.7. The lowest BCUT2D eigenvalue weighted by Crippen LogP contribution is -2.54. The lowest BCUT2D eigenvalue weighted by molar-refractivity contribution is -0.122. The van der Waals surface area contributed by atoms with Crippen molar-refractivity contribution in [3.63, 3.8) is 0 Å². The molecule has 4 rings (SSSR count). The monoisotopic (exact) mass is 402 g/mol. The maximum absolute atomic E-state index is 13.1. The number of hydrogen-bond donors (Lipinski definition) is 1. The third-order valence-electron chi connectivity index (χ3n) is 4.67. The summed E-state index contributed by atoms with van der Waals surface area (Å²) in [6.45, 7) is 3.87. The summed E-state index contributed by atoms with van der Waals surface area (Å²) in [4.78, 5) is 26.9. The number of carbonyl (C=O) groups excluding carboxylic acids is 2. The molecule has 5 nitrogen and oxygen atoms in total. The number of furan rings is 1. The number of anilines is 1. The van der Waals surface area contributed by atoms with Crippen molar-refractivity contribution in [1.29, 1.82) is 0 Å². The Morgan fingerprint density at radius 1 is 1.00 bits per heavy atom. The highest BCUT2D eigenvalue weighted by atomic mass is 32.1. The fraction of sp³-hybridized carbons (Fsp3) is 0.0870. The molecule has 2 amide bonds. The molecule has 1 aromatic heterocycles. The fourth-order valence-corrected chi connectivity index (χ4v) is 3.54. The molecule has 144 valence electrons. The molecule has 6 heteroatoms. The number of benzene rings is 2. The molecular formula is C23H18N2O3S. The van der Waals surface area contributed by atoms with Crippen molar-refractivity contribution in [3.8, 4) is 11.3 Å². The molecule has 2 aromatic carbocycles. The molecule has 29 heavy (non-hydrogen) atoms. The van der Waals surface area contributed by atoms with E-state index in [0.29, 0.717) is 17.2 Å². The number of hydrogen-bond acceptors (Lipinski definition) is 4. The van der Waals surface area contributed by atoms with Crippen molar-refractivity contribution in [1.82, 2.24) is 5.32 Å². The van der Waals surface area contributed by atoms with E-state index in [4.69, 9.17) is 16.6 Å². The first kappa shape index (κ1) is 18.8. The largest absolute Gasteiger partial charge is 0.457 e. The van der Waals surface area contributed by atoms with E-state index in [1.54, 1.807) is 12.1 Å². The van der Waals surface area contributed by atoms with Crippen LogP contribution in [0.15, 0.2) is 70.7 Å². The van der Waals surface area contributed by atoms with Crippen LogP contribution in [0.5, 0.6) is 0 Å². The summed E-state index contributed by atoms with van der Waals surface area (Å²) in [7, 11) is 0. The third-order valence-corrected chi connectivity index (χ3v) is 4.95. The van der Waals surface area contributed by atoms with Crippen molar-refractivity contribution in [2.24, 2.45) is 0 Å². The summed E-state index contributed by atoms with van der Waals surface area (Å²) < 4.78 is 5.82. The van der Waals surface area contributed by atoms with Gasteiger partial charge in [-0.05, 0) is 55.9 Å². The van der Waals surface area contributed by atoms with Crippen LogP contribution in [-0.2, 0) is 9.59 Å². The van der Waals surface area contributed by atoms with E-state index in [2.05, 4.69) is 5.32 Å². The highest BCUT2D eigenvalue weighted by molar-refractivity contribution is 7.80. The van der Waals surface area contributed by atoms with Gasteiger partial charge in [0.15, 0.2) is 5.11 Å². The summed E-state index contributed by atoms with van der Waals surface area (Å²) >= 11 is 5.26. The molecule has 0 radical (unpaired) electrons. The third kappa shape index (κ3) is 3.62. The highest BCUT2D eigenvalue weighted by Crippen LogP contribution is 2.27. The van der Waals surface area contributed by atoms with E-state index < -0.39 is 11.8 Å². The van der Waals surface area contributed by atoms with Crippen LogP contribution in [0, 0.1) is 13.8 Å². The smallest absolute Gasteiger partial charge is 0.270 e. The van der Waals surface area contributed by atoms with Gasteiger partial charge in [0.25, 0.3) is 11.8 Å². The van der Waals surface area contributed by atoms with Gasteiger partial charge in [-0.3, -0.25) is 19.8 Å². The van der Waals surface area contributed by atoms with Crippen molar-refractivity contribution >= 4 is 40.9 Å². The average molecular weight is 402 g/mol. The van der Waals surface area contributed by atoms with Crippen LogP contribution in [0.2, 0.25) is 0 Å². The molecule has 0 spiro atoms. The van der Waals surface area contributed by atoms with Crippen molar-refractivity contribution in [2.75, 3.05) is 4.90 Å². The Bertz CT molecular complexity index is 1160. The molecule has 3 aromatic rings. The van der Waals surface area contributed by atoms with Gasteiger partial charge in [-0.15, -0.1) is 0 Å². The molecule has 0 atom stereocenters. The average Bonchev–Trinajstić information content (AvgIpc) is 3.16. The van der Waals surface area contributed by atoms with Gasteiger partial charge in [0.2, 0.25) is 0 Å². The molecule has 1 saturated heterocycles. The Kier molecular flexibility index (Phi) is 4.86. The Labute approximate surface area is 173 Å². The van der Waals surface area contributed by atoms with E-state index in [1.807, 2.05) is 62.4 Å². The van der Waals surface area contributed by atoms with Gasteiger partial charge in [0, 0.05) is 5.56 Å². The maximum atomic E-state index is 13.1. The van der Waals surface area contributed by atoms with E-state index in [0.717, 1.165) is 16.7 Å². The lowest BCUT2D eigenvalue weighted by atomic mass is 10.1. The van der Waals surface area contributed by atoms with Crippen LogP contribution in [0.25, 0.3) is 17.4 Å². The van der Waals surface area contributed by atoms with Gasteiger partial charge < -0.3 is 4.42 Å². The van der Waals surface area contributed by atoms with Gasteiger partial charge in [-0.2, -0.15) is 0 Å². The molecule has 1 N–H and O–H groups in total. The highest BCUT2D eigenvalue weighted by Gasteiger charge is 2.35. The molecule has 1 aliphatic rings. The van der Waals surface area contributed by atoms with E-state index in [9.17, 15) is 9.59 Å². The van der Waals surface area contributed by atoms with Gasteiger partial charge in [0.1, 0.15) is 17.1 Å². The van der Waals surface area contributed by atoms with E-state index in [1.165, 1.54) is 11.0 Å². The minimum atomic E-state index is -0.543. The zero-order chi connectivity index (χ0) is 20.5. The first-order valence-corrected chi connectivity index (χ1v) is 9.49. The van der Waals surface area contributed by atoms with E-state index >= 15 is 0 Å². The number of amides is 2. The van der Waals surface area contributed by atoms with Crippen LogP contribution in [0.4, 0.5) is 5.69 Å². The molecule has 0 unspecified atom stereocenters. The van der Waals surface area contributed by atoms with Crippen molar-refractivity contribution in [3.05, 3.63) is 83.1 Å². The number of nitrogens with zero attached hydrogens (tertiary/aromatic N) is 1.